The van der Waals surface area contributed by atoms with Crippen molar-refractivity contribution in [3.05, 3.63) is 66.4 Å². The molecule has 0 bridgehead atoms. The Bertz CT molecular complexity index is 1050. The summed E-state index contributed by atoms with van der Waals surface area (Å²) in [4.78, 5) is 33.3. The van der Waals surface area contributed by atoms with Gasteiger partial charge in [-0.2, -0.15) is 0 Å². The first-order valence-corrected chi connectivity index (χ1v) is 10.1. The van der Waals surface area contributed by atoms with E-state index in [2.05, 4.69) is 20.6 Å². The predicted molar refractivity (Wildman–Crippen MR) is 112 cm³/mol. The molecule has 2 heterocycles. The van der Waals surface area contributed by atoms with E-state index < -0.39 is 17.6 Å². The maximum Gasteiger partial charge on any atom is 0.313 e. The molecule has 154 valence electrons. The maximum absolute atomic E-state index is 13.8. The van der Waals surface area contributed by atoms with Gasteiger partial charge in [-0.3, -0.25) is 19.6 Å². The monoisotopic (exact) mass is 406 g/mol. The Morgan fingerprint density at radius 1 is 1.10 bits per heavy atom. The van der Waals surface area contributed by atoms with E-state index in [9.17, 15) is 14.0 Å². The number of aromatic nitrogens is 2. The molecule has 2 amide bonds. The van der Waals surface area contributed by atoms with Gasteiger partial charge in [-0.05, 0) is 48.9 Å². The summed E-state index contributed by atoms with van der Waals surface area (Å²) in [7, 11) is 0. The molecule has 0 radical (unpaired) electrons. The zero-order chi connectivity index (χ0) is 20.9. The largest absolute Gasteiger partial charge is 0.344 e. The number of rotatable bonds is 5. The fourth-order valence-electron chi connectivity index (χ4n) is 4.08. The van der Waals surface area contributed by atoms with Crippen molar-refractivity contribution in [2.45, 2.75) is 38.1 Å². The van der Waals surface area contributed by atoms with Crippen molar-refractivity contribution >= 4 is 28.4 Å². The number of fused-ring (bicyclic) bond motifs is 1. The second kappa shape index (κ2) is 8.98. The minimum atomic E-state index is -0.762. The molecule has 1 saturated carbocycles. The quantitative estimate of drug-likeness (QED) is 0.634. The number of para-hydroxylation sites is 1. The highest BCUT2D eigenvalue weighted by Gasteiger charge is 2.28. The van der Waals surface area contributed by atoms with Gasteiger partial charge in [0.1, 0.15) is 11.3 Å². The van der Waals surface area contributed by atoms with Gasteiger partial charge in [0.15, 0.2) is 0 Å². The minimum absolute atomic E-state index is 0.126. The molecule has 30 heavy (non-hydrogen) atoms. The van der Waals surface area contributed by atoms with Crippen LogP contribution in [-0.2, 0) is 16.0 Å². The van der Waals surface area contributed by atoms with E-state index >= 15 is 0 Å². The van der Waals surface area contributed by atoms with Gasteiger partial charge in [0, 0.05) is 23.8 Å². The lowest BCUT2D eigenvalue weighted by atomic mass is 9.92. The Morgan fingerprint density at radius 2 is 1.93 bits per heavy atom. The maximum atomic E-state index is 13.8. The molecule has 7 heteroatoms. The summed E-state index contributed by atoms with van der Waals surface area (Å²) in [5.41, 5.74) is 1.59. The van der Waals surface area contributed by atoms with Gasteiger partial charge < -0.3 is 10.6 Å². The van der Waals surface area contributed by atoms with Crippen molar-refractivity contribution in [1.82, 2.24) is 15.3 Å². The number of halogens is 1. The van der Waals surface area contributed by atoms with Crippen LogP contribution in [-0.4, -0.2) is 27.8 Å². The van der Waals surface area contributed by atoms with Crippen LogP contribution < -0.4 is 10.6 Å². The molecule has 1 fully saturated rings. The van der Waals surface area contributed by atoms with Gasteiger partial charge in [0.25, 0.3) is 0 Å². The third-order valence-corrected chi connectivity index (χ3v) is 5.59. The van der Waals surface area contributed by atoms with Crippen LogP contribution in [0.3, 0.4) is 0 Å². The van der Waals surface area contributed by atoms with E-state index in [4.69, 9.17) is 0 Å². The average Bonchev–Trinajstić information content (AvgIpc) is 3.29. The Hall–Kier alpha value is -3.35. The molecule has 3 aromatic rings. The Morgan fingerprint density at radius 3 is 2.70 bits per heavy atom. The Kier molecular flexibility index (Phi) is 5.97. The van der Waals surface area contributed by atoms with E-state index in [0.29, 0.717) is 23.4 Å². The molecule has 0 aliphatic heterocycles. The zero-order valence-corrected chi connectivity index (χ0v) is 16.5. The van der Waals surface area contributed by atoms with E-state index in [1.165, 1.54) is 12.3 Å². The second-order valence-corrected chi connectivity index (χ2v) is 7.68. The van der Waals surface area contributed by atoms with E-state index in [0.717, 1.165) is 31.2 Å². The van der Waals surface area contributed by atoms with E-state index in [1.54, 1.807) is 30.6 Å². The van der Waals surface area contributed by atoms with Gasteiger partial charge in [-0.25, -0.2) is 4.39 Å². The number of hydrogen-bond donors (Lipinski definition) is 2. The van der Waals surface area contributed by atoms with Crippen LogP contribution in [0, 0.1) is 11.7 Å². The number of carbonyl (C=O) groups is 2. The van der Waals surface area contributed by atoms with Crippen molar-refractivity contribution < 1.29 is 14.0 Å². The topological polar surface area (TPSA) is 84.0 Å². The van der Waals surface area contributed by atoms with Crippen molar-refractivity contribution in [2.75, 3.05) is 5.32 Å². The number of nitrogens with zero attached hydrogens (tertiary/aromatic N) is 2. The molecular weight excluding hydrogens is 383 g/mol. The van der Waals surface area contributed by atoms with Crippen LogP contribution in [0.2, 0.25) is 0 Å². The summed E-state index contributed by atoms with van der Waals surface area (Å²) in [6.07, 6.45) is 9.82. The zero-order valence-electron chi connectivity index (χ0n) is 16.5. The fourth-order valence-corrected chi connectivity index (χ4v) is 4.08. The third-order valence-electron chi connectivity index (χ3n) is 5.59. The lowest BCUT2D eigenvalue weighted by Crippen LogP contribution is -2.46. The van der Waals surface area contributed by atoms with Crippen LogP contribution in [0.1, 0.15) is 31.2 Å². The molecular formula is C23H23FN4O2. The first kappa shape index (κ1) is 19.9. The van der Waals surface area contributed by atoms with Crippen molar-refractivity contribution in [3.8, 4) is 0 Å². The summed E-state index contributed by atoms with van der Waals surface area (Å²) >= 11 is 0. The van der Waals surface area contributed by atoms with Gasteiger partial charge in [0.05, 0.1) is 11.9 Å². The summed E-state index contributed by atoms with van der Waals surface area (Å²) < 4.78 is 13.8. The highest BCUT2D eigenvalue weighted by Crippen LogP contribution is 2.29. The smallest absolute Gasteiger partial charge is 0.313 e. The van der Waals surface area contributed by atoms with Crippen molar-refractivity contribution in [2.24, 2.45) is 5.92 Å². The lowest BCUT2D eigenvalue weighted by molar-refractivity contribution is -0.136. The summed E-state index contributed by atoms with van der Waals surface area (Å²) in [5, 5.41) is 6.03. The van der Waals surface area contributed by atoms with Gasteiger partial charge in [-0.15, -0.1) is 0 Å². The molecule has 0 spiro atoms. The van der Waals surface area contributed by atoms with Gasteiger partial charge in [0.2, 0.25) is 0 Å². The highest BCUT2D eigenvalue weighted by molar-refractivity contribution is 6.39. The number of amides is 2. The van der Waals surface area contributed by atoms with Crippen LogP contribution in [0.4, 0.5) is 10.1 Å². The number of benzene rings is 1. The van der Waals surface area contributed by atoms with Gasteiger partial charge in [-0.1, -0.05) is 31.0 Å². The molecule has 0 saturated heterocycles. The van der Waals surface area contributed by atoms with Crippen molar-refractivity contribution in [1.29, 1.82) is 0 Å². The van der Waals surface area contributed by atoms with Gasteiger partial charge >= 0.3 is 11.8 Å². The molecule has 1 atom stereocenters. The minimum Gasteiger partial charge on any atom is -0.344 e. The Labute approximate surface area is 173 Å². The lowest BCUT2D eigenvalue weighted by Gasteiger charge is -2.24. The van der Waals surface area contributed by atoms with Crippen LogP contribution in [0.5, 0.6) is 0 Å². The van der Waals surface area contributed by atoms with E-state index in [1.807, 2.05) is 12.1 Å². The van der Waals surface area contributed by atoms with E-state index in [-0.39, 0.29) is 11.6 Å². The fraction of sp³-hybridized carbons (Fsp3) is 0.304. The number of pyridine rings is 2. The Balaban J connectivity index is 1.44. The standard InChI is InChI=1S/C23H23FN4O2/c24-19-9-3-8-17-12-18(14-26-21(17)19)27-22(29)23(30)28-20(16-6-1-2-7-16)11-15-5-4-10-25-13-15/h3-5,8-10,12-14,16,20H,1-2,6-7,11H2,(H,27,29)(H,28,30). The predicted octanol–water partition coefficient (Wildman–Crippen LogP) is 3.63. The van der Waals surface area contributed by atoms with Crippen LogP contribution in [0.15, 0.2) is 55.0 Å². The molecule has 2 aromatic heterocycles. The summed E-state index contributed by atoms with van der Waals surface area (Å²) in [6.45, 7) is 0. The second-order valence-electron chi connectivity index (χ2n) is 7.68. The molecule has 1 aliphatic carbocycles. The normalized spacial score (nSPS) is 15.1. The number of nitrogens with one attached hydrogen (secondary N) is 2. The van der Waals surface area contributed by atoms with Crippen molar-refractivity contribution in [3.63, 3.8) is 0 Å². The highest BCUT2D eigenvalue weighted by atomic mass is 19.1. The molecule has 6 nitrogen and oxygen atoms in total. The van der Waals surface area contributed by atoms with Crippen LogP contribution >= 0.6 is 0 Å². The summed E-state index contributed by atoms with van der Waals surface area (Å²) in [6, 6.07) is 9.91. The first-order valence-electron chi connectivity index (χ1n) is 10.1. The molecule has 2 N–H and O–H groups in total. The first-order chi connectivity index (χ1) is 14.6. The third kappa shape index (κ3) is 4.62. The number of hydrogen-bond acceptors (Lipinski definition) is 4. The molecule has 1 aliphatic rings. The number of carbonyl (C=O) groups excluding carboxylic acids is 2. The SMILES string of the molecule is O=C(Nc1cnc2c(F)cccc2c1)C(=O)NC(Cc1cccnc1)C1CCCC1. The van der Waals surface area contributed by atoms with Crippen LogP contribution in [0.25, 0.3) is 10.9 Å². The summed E-state index contributed by atoms with van der Waals surface area (Å²) in [5.74, 6) is -1.54. The molecule has 1 aromatic carbocycles. The molecule has 1 unspecified atom stereocenters. The number of anilines is 1. The molecule has 4 rings (SSSR count). The average molecular weight is 406 g/mol.